The normalized spacial score (nSPS) is 10.7. The molecule has 0 spiro atoms. The minimum Gasteiger partial charge on any atom is -0.320 e. The lowest BCUT2D eigenvalue weighted by Crippen LogP contribution is -2.36. The predicted octanol–water partition coefficient (Wildman–Crippen LogP) is 7.08. The average Bonchev–Trinajstić information content (AvgIpc) is 2.87. The van der Waals surface area contributed by atoms with Crippen molar-refractivity contribution in [3.05, 3.63) is 138 Å². The molecule has 0 heterocycles. The van der Waals surface area contributed by atoms with Crippen molar-refractivity contribution in [3.63, 3.8) is 0 Å². The van der Waals surface area contributed by atoms with E-state index in [0.717, 1.165) is 12.0 Å². The van der Waals surface area contributed by atoms with Gasteiger partial charge in [-0.2, -0.15) is 0 Å². The summed E-state index contributed by atoms with van der Waals surface area (Å²) in [4.78, 5) is 15.0. The molecule has 0 saturated carbocycles. The molecule has 0 atom stereocenters. The molecule has 0 bridgehead atoms. The fourth-order valence-corrected chi connectivity index (χ4v) is 3.99. The number of amides is 2. The van der Waals surface area contributed by atoms with Crippen LogP contribution in [0.5, 0.6) is 0 Å². The van der Waals surface area contributed by atoms with Gasteiger partial charge in [0, 0.05) is 19.0 Å². The van der Waals surface area contributed by atoms with Crippen LogP contribution in [0.25, 0.3) is 0 Å². The lowest BCUT2D eigenvalue weighted by Gasteiger charge is -2.26. The number of benzene rings is 4. The summed E-state index contributed by atoms with van der Waals surface area (Å²) in [5, 5.41) is 2.75. The van der Waals surface area contributed by atoms with Crippen LogP contribution >= 0.6 is 0 Å². The van der Waals surface area contributed by atoms with Crippen LogP contribution in [0.3, 0.4) is 0 Å². The summed E-state index contributed by atoms with van der Waals surface area (Å²) in [5.41, 5.74) is 3.62. The quantitative estimate of drug-likeness (QED) is 0.313. The van der Waals surface area contributed by atoms with Gasteiger partial charge in [-0.05, 0) is 35.2 Å². The van der Waals surface area contributed by atoms with Crippen LogP contribution in [0.4, 0.5) is 14.9 Å². The van der Waals surface area contributed by atoms with Crippen LogP contribution in [-0.2, 0) is 6.54 Å². The van der Waals surface area contributed by atoms with Crippen LogP contribution in [0.1, 0.15) is 29.0 Å². The molecular weight excluding hydrogens is 411 g/mol. The van der Waals surface area contributed by atoms with E-state index in [2.05, 4.69) is 29.6 Å². The largest absolute Gasteiger partial charge is 0.322 e. The van der Waals surface area contributed by atoms with Crippen molar-refractivity contribution in [1.82, 2.24) is 4.90 Å². The topological polar surface area (TPSA) is 32.3 Å². The van der Waals surface area contributed by atoms with Gasteiger partial charge in [0.05, 0.1) is 5.69 Å². The fourth-order valence-electron chi connectivity index (χ4n) is 3.99. The number of nitrogens with zero attached hydrogens (tertiary/aromatic N) is 1. The number of carbonyl (C=O) groups is 1. The third-order valence-corrected chi connectivity index (χ3v) is 5.71. The van der Waals surface area contributed by atoms with E-state index in [1.54, 1.807) is 23.1 Å². The molecule has 0 aliphatic rings. The molecule has 3 nitrogen and oxygen atoms in total. The van der Waals surface area contributed by atoms with Gasteiger partial charge >= 0.3 is 6.03 Å². The van der Waals surface area contributed by atoms with Gasteiger partial charge in [-0.15, -0.1) is 0 Å². The highest BCUT2D eigenvalue weighted by Crippen LogP contribution is 2.28. The zero-order valence-electron chi connectivity index (χ0n) is 18.4. The molecule has 0 aromatic heterocycles. The number of hydrogen-bond acceptors (Lipinski definition) is 1. The molecule has 2 amide bonds. The first-order valence-corrected chi connectivity index (χ1v) is 11.1. The first-order valence-electron chi connectivity index (χ1n) is 11.1. The number of rotatable bonds is 8. The molecule has 1 N–H and O–H groups in total. The van der Waals surface area contributed by atoms with Crippen molar-refractivity contribution >= 4 is 11.7 Å². The maximum Gasteiger partial charge on any atom is 0.322 e. The average molecular weight is 439 g/mol. The predicted molar refractivity (Wildman–Crippen MR) is 132 cm³/mol. The van der Waals surface area contributed by atoms with Crippen molar-refractivity contribution in [1.29, 1.82) is 0 Å². The number of para-hydroxylation sites is 1. The maximum atomic E-state index is 14.2. The zero-order chi connectivity index (χ0) is 22.9. The molecule has 0 fully saturated rings. The monoisotopic (exact) mass is 438 g/mol. The Morgan fingerprint density at radius 1 is 0.727 bits per heavy atom. The molecule has 4 rings (SSSR count). The van der Waals surface area contributed by atoms with E-state index >= 15 is 0 Å². The third-order valence-electron chi connectivity index (χ3n) is 5.71. The fraction of sp³-hybridized carbons (Fsp3) is 0.138. The zero-order valence-corrected chi connectivity index (χ0v) is 18.4. The van der Waals surface area contributed by atoms with Crippen LogP contribution < -0.4 is 5.32 Å². The van der Waals surface area contributed by atoms with Gasteiger partial charge in [0.25, 0.3) is 0 Å². The summed E-state index contributed by atoms with van der Waals surface area (Å²) in [6, 6.07) is 36.4. The Morgan fingerprint density at radius 2 is 1.24 bits per heavy atom. The van der Waals surface area contributed by atoms with Crippen molar-refractivity contribution in [2.24, 2.45) is 0 Å². The van der Waals surface area contributed by atoms with Gasteiger partial charge in [0.1, 0.15) is 5.82 Å². The second kappa shape index (κ2) is 11.1. The van der Waals surface area contributed by atoms with E-state index in [0.29, 0.717) is 13.1 Å². The van der Waals surface area contributed by atoms with E-state index in [9.17, 15) is 9.18 Å². The second-order valence-electron chi connectivity index (χ2n) is 7.98. The van der Waals surface area contributed by atoms with Gasteiger partial charge in [-0.1, -0.05) is 103 Å². The summed E-state index contributed by atoms with van der Waals surface area (Å²) in [6.07, 6.45) is 0.742. The molecule has 33 heavy (non-hydrogen) atoms. The van der Waals surface area contributed by atoms with Gasteiger partial charge in [0.15, 0.2) is 0 Å². The summed E-state index contributed by atoms with van der Waals surface area (Å²) in [6.45, 7) is 0.959. The number of carbonyl (C=O) groups excluding carboxylic acids is 1. The van der Waals surface area contributed by atoms with Crippen molar-refractivity contribution in [2.45, 2.75) is 18.9 Å². The Bertz CT molecular complexity index is 1110. The Hall–Kier alpha value is -3.92. The van der Waals surface area contributed by atoms with E-state index in [1.807, 2.05) is 66.7 Å². The molecule has 4 heteroatoms. The summed E-state index contributed by atoms with van der Waals surface area (Å²) < 4.78 is 14.2. The molecular formula is C29H27FN2O. The SMILES string of the molecule is O=C(Nc1ccccc1F)N(CCC(c1ccccc1)c1ccccc1)Cc1ccccc1. The second-order valence-corrected chi connectivity index (χ2v) is 7.98. The minimum atomic E-state index is -0.447. The number of nitrogens with one attached hydrogen (secondary N) is 1. The highest BCUT2D eigenvalue weighted by Gasteiger charge is 2.20. The van der Waals surface area contributed by atoms with Crippen LogP contribution in [0.15, 0.2) is 115 Å². The van der Waals surface area contributed by atoms with Crippen molar-refractivity contribution in [2.75, 3.05) is 11.9 Å². The highest BCUT2D eigenvalue weighted by molar-refractivity contribution is 5.89. The Balaban J connectivity index is 1.56. The Labute approximate surface area is 194 Å². The molecule has 4 aromatic rings. The van der Waals surface area contributed by atoms with Crippen molar-refractivity contribution in [3.8, 4) is 0 Å². The molecule has 4 aromatic carbocycles. The summed E-state index contributed by atoms with van der Waals surface area (Å²) >= 11 is 0. The summed E-state index contributed by atoms with van der Waals surface area (Å²) in [5.74, 6) is -0.302. The Morgan fingerprint density at radius 3 is 1.82 bits per heavy atom. The smallest absolute Gasteiger partial charge is 0.320 e. The van der Waals surface area contributed by atoms with Crippen LogP contribution in [-0.4, -0.2) is 17.5 Å². The summed E-state index contributed by atoms with van der Waals surface area (Å²) in [7, 11) is 0. The first kappa shape index (κ1) is 22.3. The molecule has 0 radical (unpaired) electrons. The van der Waals surface area contributed by atoms with Gasteiger partial charge in [0.2, 0.25) is 0 Å². The highest BCUT2D eigenvalue weighted by atomic mass is 19.1. The van der Waals surface area contributed by atoms with Gasteiger partial charge < -0.3 is 10.2 Å². The minimum absolute atomic E-state index is 0.145. The maximum absolute atomic E-state index is 14.2. The lowest BCUT2D eigenvalue weighted by atomic mass is 9.88. The molecule has 0 aliphatic carbocycles. The van der Waals surface area contributed by atoms with Crippen LogP contribution in [0, 0.1) is 5.82 Å². The molecule has 166 valence electrons. The number of anilines is 1. The molecule has 0 aliphatic heterocycles. The van der Waals surface area contributed by atoms with Gasteiger partial charge in [-0.25, -0.2) is 9.18 Å². The van der Waals surface area contributed by atoms with Gasteiger partial charge in [-0.3, -0.25) is 0 Å². The Kier molecular flexibility index (Phi) is 7.49. The number of halogens is 1. The van der Waals surface area contributed by atoms with Crippen LogP contribution in [0.2, 0.25) is 0 Å². The van der Waals surface area contributed by atoms with Crippen molar-refractivity contribution < 1.29 is 9.18 Å². The molecule has 0 saturated heterocycles. The number of urea groups is 1. The molecule has 0 unspecified atom stereocenters. The third kappa shape index (κ3) is 6.07. The van der Waals surface area contributed by atoms with E-state index in [4.69, 9.17) is 0 Å². The first-order chi connectivity index (χ1) is 16.2. The standard InChI is InChI=1S/C29H27FN2O/c30-27-18-10-11-19-28(27)31-29(33)32(22-23-12-4-1-5-13-23)21-20-26(24-14-6-2-7-15-24)25-16-8-3-9-17-25/h1-19,26H,20-22H2,(H,31,33). The number of hydrogen-bond donors (Lipinski definition) is 1. The lowest BCUT2D eigenvalue weighted by molar-refractivity contribution is 0.207. The van der Waals surface area contributed by atoms with E-state index in [1.165, 1.54) is 17.2 Å². The van der Waals surface area contributed by atoms with E-state index < -0.39 is 5.82 Å². The van der Waals surface area contributed by atoms with E-state index in [-0.39, 0.29) is 17.6 Å².